The Morgan fingerprint density at radius 2 is 1.74 bits per heavy atom. The molecule has 1 aromatic heterocycles. The van der Waals surface area contributed by atoms with Crippen molar-refractivity contribution in [1.29, 1.82) is 0 Å². The topological polar surface area (TPSA) is 82.5 Å². The highest BCUT2D eigenvalue weighted by molar-refractivity contribution is 6.30. The van der Waals surface area contributed by atoms with Crippen LogP contribution in [0.4, 0.5) is 13.2 Å². The number of aromatic nitrogens is 1. The van der Waals surface area contributed by atoms with Crippen LogP contribution in [0.15, 0.2) is 42.6 Å². The number of nitrogens with one attached hydrogen (secondary N) is 1. The average molecular weight is 566 g/mol. The number of nitrogens with zero attached hydrogens (tertiary/aromatic N) is 2. The van der Waals surface area contributed by atoms with Crippen molar-refractivity contribution in [2.45, 2.75) is 83.7 Å². The minimum atomic E-state index is -4.59. The summed E-state index contributed by atoms with van der Waals surface area (Å²) in [5, 5.41) is 13.8. The van der Waals surface area contributed by atoms with E-state index in [4.69, 9.17) is 11.6 Å². The zero-order valence-corrected chi connectivity index (χ0v) is 23.1. The predicted molar refractivity (Wildman–Crippen MR) is 142 cm³/mol. The Morgan fingerprint density at radius 3 is 2.31 bits per heavy atom. The van der Waals surface area contributed by atoms with E-state index in [1.165, 1.54) is 0 Å². The maximum absolute atomic E-state index is 14.1. The van der Waals surface area contributed by atoms with E-state index >= 15 is 0 Å². The van der Waals surface area contributed by atoms with Gasteiger partial charge in [0.2, 0.25) is 5.91 Å². The first-order valence-corrected chi connectivity index (χ1v) is 13.7. The Hall–Kier alpha value is -2.65. The molecule has 6 nitrogen and oxygen atoms in total. The van der Waals surface area contributed by atoms with Crippen LogP contribution in [0, 0.1) is 17.3 Å². The van der Waals surface area contributed by atoms with Crippen molar-refractivity contribution in [3.63, 3.8) is 0 Å². The van der Waals surface area contributed by atoms with E-state index in [1.54, 1.807) is 4.90 Å². The molecular formula is C29H35ClF3N3O3. The van der Waals surface area contributed by atoms with Crippen LogP contribution in [0.2, 0.25) is 5.15 Å². The highest BCUT2D eigenvalue weighted by Gasteiger charge is 2.58. The molecule has 4 rings (SSSR count). The monoisotopic (exact) mass is 565 g/mol. The number of hydrogen-bond donors (Lipinski definition) is 2. The summed E-state index contributed by atoms with van der Waals surface area (Å²) in [5.41, 5.74) is -0.564. The molecule has 10 heteroatoms. The molecule has 4 atom stereocenters. The van der Waals surface area contributed by atoms with Gasteiger partial charge in [0.1, 0.15) is 11.2 Å². The van der Waals surface area contributed by atoms with Gasteiger partial charge in [0, 0.05) is 36.2 Å². The SMILES string of the molecule is CC(C)(C)[C@@H]1[C@@H](NCc2cc(C(F)(F)F)cnc2Cl)[C@@H](c2ccccc2)N(C(=O)C2CCCCC2)[C@H]1C(=O)O. The summed E-state index contributed by atoms with van der Waals surface area (Å²) < 4.78 is 40.2. The van der Waals surface area contributed by atoms with Gasteiger partial charge in [0.15, 0.2) is 0 Å². The van der Waals surface area contributed by atoms with Crippen molar-refractivity contribution in [3.8, 4) is 0 Å². The second kappa shape index (κ2) is 11.5. The van der Waals surface area contributed by atoms with Crippen LogP contribution in [-0.4, -0.2) is 39.0 Å². The second-order valence-electron chi connectivity index (χ2n) is 11.7. The molecule has 2 fully saturated rings. The number of pyridine rings is 1. The van der Waals surface area contributed by atoms with E-state index in [1.807, 2.05) is 51.1 Å². The van der Waals surface area contributed by atoms with E-state index in [0.29, 0.717) is 19.0 Å². The number of carboxylic acids is 1. The second-order valence-corrected chi connectivity index (χ2v) is 12.0. The molecule has 1 aromatic carbocycles. The Labute approximate surface area is 231 Å². The van der Waals surface area contributed by atoms with E-state index < -0.39 is 47.2 Å². The largest absolute Gasteiger partial charge is 0.480 e. The van der Waals surface area contributed by atoms with Gasteiger partial charge in [0.05, 0.1) is 11.6 Å². The number of hydrogen-bond acceptors (Lipinski definition) is 4. The summed E-state index contributed by atoms with van der Waals surface area (Å²) in [6.45, 7) is 5.71. The van der Waals surface area contributed by atoms with Crippen LogP contribution >= 0.6 is 11.6 Å². The molecule has 1 aliphatic carbocycles. The summed E-state index contributed by atoms with van der Waals surface area (Å²) in [7, 11) is 0. The first kappa shape index (κ1) is 29.3. The summed E-state index contributed by atoms with van der Waals surface area (Å²) >= 11 is 6.19. The third kappa shape index (κ3) is 6.24. The quantitative estimate of drug-likeness (QED) is 0.391. The van der Waals surface area contributed by atoms with Gasteiger partial charge in [-0.15, -0.1) is 0 Å². The van der Waals surface area contributed by atoms with Crippen LogP contribution in [0.25, 0.3) is 0 Å². The molecule has 2 N–H and O–H groups in total. The van der Waals surface area contributed by atoms with Crippen LogP contribution in [-0.2, 0) is 22.3 Å². The Balaban J connectivity index is 1.80. The van der Waals surface area contributed by atoms with Crippen molar-refractivity contribution in [2.24, 2.45) is 17.3 Å². The van der Waals surface area contributed by atoms with E-state index in [2.05, 4.69) is 10.3 Å². The lowest BCUT2D eigenvalue weighted by Gasteiger charge is -2.36. The number of alkyl halides is 3. The minimum absolute atomic E-state index is 0.0676. The standard InChI is InChI=1S/C29H35ClF3N3O3/c1-28(2,3)21-22(34-15-19-14-20(29(31,32)33)16-35-25(19)30)23(17-10-6-4-7-11-17)36(24(21)27(38)39)26(37)18-12-8-5-9-13-18/h4,6-7,10-11,14,16,18,21-24,34H,5,8-9,12-13,15H2,1-3H3,(H,38,39)/t21-,22-,23-,24-/m1/s1. The molecule has 1 saturated carbocycles. The summed E-state index contributed by atoms with van der Waals surface area (Å²) in [6, 6.07) is 7.88. The summed E-state index contributed by atoms with van der Waals surface area (Å²) in [4.78, 5) is 32.2. The van der Waals surface area contributed by atoms with E-state index in [0.717, 1.165) is 30.9 Å². The number of carbonyl (C=O) groups is 2. The van der Waals surface area contributed by atoms with Crippen molar-refractivity contribution in [2.75, 3.05) is 0 Å². The lowest BCUT2D eigenvalue weighted by molar-refractivity contribution is -0.154. The molecule has 2 aromatic rings. The Kier molecular flexibility index (Phi) is 8.61. The number of benzene rings is 1. The fraction of sp³-hybridized carbons (Fsp3) is 0.552. The summed E-state index contributed by atoms with van der Waals surface area (Å²) in [5.74, 6) is -2.07. The Bertz CT molecular complexity index is 1180. The molecule has 1 amide bonds. The lowest BCUT2D eigenvalue weighted by atomic mass is 9.72. The molecule has 0 radical (unpaired) electrons. The molecule has 39 heavy (non-hydrogen) atoms. The highest BCUT2D eigenvalue weighted by atomic mass is 35.5. The third-order valence-electron chi connectivity index (χ3n) is 8.04. The van der Waals surface area contributed by atoms with Gasteiger partial charge in [-0.25, -0.2) is 9.78 Å². The molecule has 0 spiro atoms. The van der Waals surface area contributed by atoms with Gasteiger partial charge in [0.25, 0.3) is 0 Å². The van der Waals surface area contributed by atoms with Gasteiger partial charge in [-0.2, -0.15) is 13.2 Å². The zero-order chi connectivity index (χ0) is 28.5. The molecule has 2 heterocycles. The third-order valence-corrected chi connectivity index (χ3v) is 8.38. The maximum Gasteiger partial charge on any atom is 0.417 e. The normalized spacial score (nSPS) is 24.6. The van der Waals surface area contributed by atoms with Crippen molar-refractivity contribution in [1.82, 2.24) is 15.2 Å². The number of rotatable bonds is 6. The maximum atomic E-state index is 14.1. The lowest BCUT2D eigenvalue weighted by Crippen LogP contribution is -2.49. The number of halogens is 4. The number of carboxylic acid groups (broad SMARTS) is 1. The van der Waals surface area contributed by atoms with Crippen LogP contribution in [0.5, 0.6) is 0 Å². The molecule has 1 saturated heterocycles. The average Bonchev–Trinajstić information content (AvgIpc) is 3.24. The molecular weight excluding hydrogens is 531 g/mol. The molecule has 2 aliphatic rings. The predicted octanol–water partition coefficient (Wildman–Crippen LogP) is 6.49. The first-order valence-electron chi connectivity index (χ1n) is 13.4. The van der Waals surface area contributed by atoms with E-state index in [-0.39, 0.29) is 29.1 Å². The zero-order valence-electron chi connectivity index (χ0n) is 22.3. The van der Waals surface area contributed by atoms with Crippen LogP contribution < -0.4 is 5.32 Å². The van der Waals surface area contributed by atoms with Gasteiger partial charge >= 0.3 is 12.1 Å². The molecule has 212 valence electrons. The smallest absolute Gasteiger partial charge is 0.417 e. The molecule has 0 unspecified atom stereocenters. The highest BCUT2D eigenvalue weighted by Crippen LogP contribution is 2.49. The Morgan fingerprint density at radius 1 is 1.10 bits per heavy atom. The number of carbonyl (C=O) groups excluding carboxylic acids is 1. The van der Waals surface area contributed by atoms with Gasteiger partial charge in [-0.3, -0.25) is 4.79 Å². The van der Waals surface area contributed by atoms with Crippen LogP contribution in [0.1, 0.15) is 75.6 Å². The van der Waals surface area contributed by atoms with E-state index in [9.17, 15) is 27.9 Å². The number of aliphatic carboxylic acids is 1. The molecule has 0 bridgehead atoms. The minimum Gasteiger partial charge on any atom is -0.480 e. The number of likely N-dealkylation sites (tertiary alicyclic amines) is 1. The van der Waals surface area contributed by atoms with Crippen LogP contribution in [0.3, 0.4) is 0 Å². The van der Waals surface area contributed by atoms with Gasteiger partial charge in [-0.05, 0) is 29.9 Å². The van der Waals surface area contributed by atoms with Crippen molar-refractivity contribution in [3.05, 3.63) is 64.4 Å². The summed E-state index contributed by atoms with van der Waals surface area (Å²) in [6.07, 6.45) is 0.427. The van der Waals surface area contributed by atoms with Crippen molar-refractivity contribution >= 4 is 23.5 Å². The number of amides is 1. The molecule has 1 aliphatic heterocycles. The van der Waals surface area contributed by atoms with Crippen molar-refractivity contribution < 1.29 is 27.9 Å². The fourth-order valence-corrected chi connectivity index (χ4v) is 6.46. The first-order chi connectivity index (χ1) is 18.3. The van der Waals surface area contributed by atoms with Gasteiger partial charge < -0.3 is 15.3 Å². The van der Waals surface area contributed by atoms with Gasteiger partial charge in [-0.1, -0.05) is 82.0 Å². The fourth-order valence-electron chi connectivity index (χ4n) is 6.29.